The third kappa shape index (κ3) is 4.96. The van der Waals surface area contributed by atoms with Crippen LogP contribution in [0.5, 0.6) is 0 Å². The highest BCUT2D eigenvalue weighted by atomic mass is 32.2. The SMILES string of the molecule is Cc1ccc(S(=O)(=O)N2CC=CC(C)(C/C=C/c3ccccc3)CC2)cc1. The van der Waals surface area contributed by atoms with Crippen molar-refractivity contribution in [1.29, 1.82) is 0 Å². The van der Waals surface area contributed by atoms with Gasteiger partial charge in [0.05, 0.1) is 4.90 Å². The van der Waals surface area contributed by atoms with Gasteiger partial charge in [0.25, 0.3) is 0 Å². The Balaban J connectivity index is 1.67. The fourth-order valence-corrected chi connectivity index (χ4v) is 4.68. The molecule has 0 saturated heterocycles. The van der Waals surface area contributed by atoms with Crippen LogP contribution in [0.4, 0.5) is 0 Å². The minimum absolute atomic E-state index is 0.0389. The number of allylic oxidation sites excluding steroid dienone is 2. The summed E-state index contributed by atoms with van der Waals surface area (Å²) in [4.78, 5) is 0.370. The molecular weight excluding hydrogens is 354 g/mol. The van der Waals surface area contributed by atoms with Crippen molar-refractivity contribution in [2.24, 2.45) is 5.41 Å². The van der Waals surface area contributed by atoms with Crippen LogP contribution < -0.4 is 0 Å². The molecule has 0 aliphatic carbocycles. The van der Waals surface area contributed by atoms with Crippen LogP contribution in [0.1, 0.15) is 30.9 Å². The van der Waals surface area contributed by atoms with E-state index in [1.165, 1.54) is 5.56 Å². The van der Waals surface area contributed by atoms with Gasteiger partial charge in [0.2, 0.25) is 10.0 Å². The lowest BCUT2D eigenvalue weighted by Crippen LogP contribution is -2.32. The lowest BCUT2D eigenvalue weighted by Gasteiger charge is -2.25. The topological polar surface area (TPSA) is 37.4 Å². The van der Waals surface area contributed by atoms with Crippen LogP contribution in [-0.4, -0.2) is 25.8 Å². The molecule has 1 heterocycles. The molecule has 2 aromatic carbocycles. The summed E-state index contributed by atoms with van der Waals surface area (Å²) in [5, 5.41) is 0. The molecule has 0 radical (unpaired) electrons. The summed E-state index contributed by atoms with van der Waals surface area (Å²) in [5.74, 6) is 0. The molecule has 0 aromatic heterocycles. The third-order valence-electron chi connectivity index (χ3n) is 5.11. The van der Waals surface area contributed by atoms with Gasteiger partial charge in [-0.25, -0.2) is 8.42 Å². The maximum absolute atomic E-state index is 12.9. The summed E-state index contributed by atoms with van der Waals surface area (Å²) in [6.07, 6.45) is 10.2. The van der Waals surface area contributed by atoms with Gasteiger partial charge in [-0.1, -0.05) is 79.3 Å². The Morgan fingerprint density at radius 2 is 1.78 bits per heavy atom. The van der Waals surface area contributed by atoms with E-state index in [-0.39, 0.29) is 5.41 Å². The highest BCUT2D eigenvalue weighted by Crippen LogP contribution is 2.32. The number of aryl methyl sites for hydroxylation is 1. The predicted octanol–water partition coefficient (Wildman–Crippen LogP) is 5.06. The molecule has 2 aromatic rings. The van der Waals surface area contributed by atoms with Crippen LogP contribution in [0.15, 0.2) is 77.7 Å². The highest BCUT2D eigenvalue weighted by Gasteiger charge is 2.29. The zero-order chi connectivity index (χ0) is 19.3. The molecule has 1 aliphatic heterocycles. The van der Waals surface area contributed by atoms with Gasteiger partial charge in [-0.15, -0.1) is 0 Å². The normalized spacial score (nSPS) is 21.4. The molecule has 4 heteroatoms. The predicted molar refractivity (Wildman–Crippen MR) is 112 cm³/mol. The zero-order valence-electron chi connectivity index (χ0n) is 16.0. The van der Waals surface area contributed by atoms with Crippen molar-refractivity contribution >= 4 is 16.1 Å². The smallest absolute Gasteiger partial charge is 0.207 e. The second-order valence-electron chi connectivity index (χ2n) is 7.50. The molecule has 1 unspecified atom stereocenters. The Morgan fingerprint density at radius 3 is 2.48 bits per heavy atom. The fraction of sp³-hybridized carbons (Fsp3) is 0.304. The first-order chi connectivity index (χ1) is 12.9. The van der Waals surface area contributed by atoms with Gasteiger partial charge in [0.15, 0.2) is 0 Å². The van der Waals surface area contributed by atoms with E-state index in [0.29, 0.717) is 18.0 Å². The minimum atomic E-state index is -3.45. The Morgan fingerprint density at radius 1 is 1.07 bits per heavy atom. The van der Waals surface area contributed by atoms with E-state index >= 15 is 0 Å². The Kier molecular flexibility index (Phi) is 5.98. The van der Waals surface area contributed by atoms with Crippen LogP contribution in [0.3, 0.4) is 0 Å². The molecule has 0 spiro atoms. The van der Waals surface area contributed by atoms with Gasteiger partial charge < -0.3 is 0 Å². The van der Waals surface area contributed by atoms with E-state index in [2.05, 4.69) is 37.3 Å². The lowest BCUT2D eigenvalue weighted by atomic mass is 9.83. The van der Waals surface area contributed by atoms with Gasteiger partial charge in [0, 0.05) is 13.1 Å². The highest BCUT2D eigenvalue weighted by molar-refractivity contribution is 7.89. The minimum Gasteiger partial charge on any atom is -0.207 e. The number of rotatable bonds is 5. The van der Waals surface area contributed by atoms with Crippen LogP contribution in [0.25, 0.3) is 6.08 Å². The average molecular weight is 382 g/mol. The first-order valence-corrected chi connectivity index (χ1v) is 10.8. The van der Waals surface area contributed by atoms with Crippen molar-refractivity contribution in [3.8, 4) is 0 Å². The quantitative estimate of drug-likeness (QED) is 0.679. The average Bonchev–Trinajstić information content (AvgIpc) is 2.85. The van der Waals surface area contributed by atoms with E-state index in [9.17, 15) is 8.42 Å². The Bertz CT molecular complexity index is 915. The molecule has 1 atom stereocenters. The summed E-state index contributed by atoms with van der Waals surface area (Å²) in [6, 6.07) is 17.3. The van der Waals surface area contributed by atoms with E-state index in [0.717, 1.165) is 18.4 Å². The van der Waals surface area contributed by atoms with Crippen LogP contribution in [0.2, 0.25) is 0 Å². The van der Waals surface area contributed by atoms with Gasteiger partial charge in [-0.05, 0) is 42.9 Å². The lowest BCUT2D eigenvalue weighted by molar-refractivity contribution is 0.349. The maximum Gasteiger partial charge on any atom is 0.243 e. The van der Waals surface area contributed by atoms with E-state index in [1.54, 1.807) is 16.4 Å². The molecule has 0 bridgehead atoms. The summed E-state index contributed by atoms with van der Waals surface area (Å²) in [6.45, 7) is 5.10. The monoisotopic (exact) mass is 381 g/mol. The second kappa shape index (κ2) is 8.24. The van der Waals surface area contributed by atoms with Crippen molar-refractivity contribution in [3.05, 3.63) is 84.0 Å². The molecule has 1 aliphatic rings. The maximum atomic E-state index is 12.9. The third-order valence-corrected chi connectivity index (χ3v) is 6.99. The molecule has 3 nitrogen and oxygen atoms in total. The molecular formula is C23H27NO2S. The van der Waals surface area contributed by atoms with Crippen molar-refractivity contribution in [2.75, 3.05) is 13.1 Å². The molecule has 0 amide bonds. The Labute approximate surface area is 163 Å². The first-order valence-electron chi connectivity index (χ1n) is 9.35. The molecule has 0 N–H and O–H groups in total. The van der Waals surface area contributed by atoms with Crippen molar-refractivity contribution in [2.45, 2.75) is 31.6 Å². The molecule has 0 saturated carbocycles. The number of benzene rings is 2. The van der Waals surface area contributed by atoms with E-state index < -0.39 is 10.0 Å². The number of hydrogen-bond donors (Lipinski definition) is 0. The molecule has 27 heavy (non-hydrogen) atoms. The first kappa shape index (κ1) is 19.6. The fourth-order valence-electron chi connectivity index (χ4n) is 3.29. The van der Waals surface area contributed by atoms with Crippen LogP contribution >= 0.6 is 0 Å². The number of sulfonamides is 1. The van der Waals surface area contributed by atoms with Crippen LogP contribution in [-0.2, 0) is 10.0 Å². The largest absolute Gasteiger partial charge is 0.243 e. The molecule has 0 fully saturated rings. The summed E-state index contributed by atoms with van der Waals surface area (Å²) >= 11 is 0. The van der Waals surface area contributed by atoms with Gasteiger partial charge >= 0.3 is 0 Å². The van der Waals surface area contributed by atoms with E-state index in [4.69, 9.17) is 0 Å². The Hall–Kier alpha value is -2.17. The van der Waals surface area contributed by atoms with Crippen LogP contribution in [0, 0.1) is 12.3 Å². The molecule has 3 rings (SSSR count). The molecule has 142 valence electrons. The van der Waals surface area contributed by atoms with Gasteiger partial charge in [-0.2, -0.15) is 4.31 Å². The van der Waals surface area contributed by atoms with Crippen molar-refractivity contribution < 1.29 is 8.42 Å². The standard InChI is InChI=1S/C23H27NO2S/c1-20-11-13-22(14-12-20)27(25,26)24-18-7-16-23(2,17-19-24)15-6-10-21-8-4-3-5-9-21/h3-14,16H,15,17-19H2,1-2H3/b10-6+. The summed E-state index contributed by atoms with van der Waals surface area (Å²) < 4.78 is 27.5. The number of hydrogen-bond acceptors (Lipinski definition) is 2. The zero-order valence-corrected chi connectivity index (χ0v) is 16.8. The number of nitrogens with zero attached hydrogens (tertiary/aromatic N) is 1. The summed E-state index contributed by atoms with van der Waals surface area (Å²) in [5.41, 5.74) is 2.20. The van der Waals surface area contributed by atoms with E-state index in [1.807, 2.05) is 43.3 Å². The summed E-state index contributed by atoms with van der Waals surface area (Å²) in [7, 11) is -3.45. The van der Waals surface area contributed by atoms with Gasteiger partial charge in [-0.3, -0.25) is 0 Å². The van der Waals surface area contributed by atoms with Gasteiger partial charge in [0.1, 0.15) is 0 Å². The van der Waals surface area contributed by atoms with Crippen molar-refractivity contribution in [3.63, 3.8) is 0 Å². The van der Waals surface area contributed by atoms with Crippen molar-refractivity contribution in [1.82, 2.24) is 4.31 Å². The second-order valence-corrected chi connectivity index (χ2v) is 9.44.